The Balaban J connectivity index is 1.86. The van der Waals surface area contributed by atoms with Gasteiger partial charge in [0.1, 0.15) is 5.75 Å². The fourth-order valence-corrected chi connectivity index (χ4v) is 3.27. The molecule has 0 bridgehead atoms. The van der Waals surface area contributed by atoms with E-state index >= 15 is 0 Å². The van der Waals surface area contributed by atoms with E-state index in [1.807, 2.05) is 29.7 Å². The second-order valence-corrected chi connectivity index (χ2v) is 6.87. The van der Waals surface area contributed by atoms with E-state index in [1.54, 1.807) is 36.4 Å². The molecule has 3 rings (SSSR count). The number of nitrogens with zero attached hydrogens (tertiary/aromatic N) is 1. The Hall–Kier alpha value is -2.11. The lowest BCUT2D eigenvalue weighted by molar-refractivity contribution is -0.139. The lowest BCUT2D eigenvalue weighted by Crippen LogP contribution is -2.13. The molecule has 0 spiro atoms. The van der Waals surface area contributed by atoms with Crippen molar-refractivity contribution in [3.63, 3.8) is 0 Å². The molecular weight excluding hydrogens is 398 g/mol. The molecule has 0 aliphatic heterocycles. The summed E-state index contributed by atoms with van der Waals surface area (Å²) in [5, 5.41) is 1.09. The van der Waals surface area contributed by atoms with Crippen LogP contribution in [0.4, 0.5) is 13.2 Å². The van der Waals surface area contributed by atoms with Gasteiger partial charge in [0.15, 0.2) is 0 Å². The molecule has 27 heavy (non-hydrogen) atoms. The molecule has 0 saturated heterocycles. The molecule has 1 aromatic heterocycles. The van der Waals surface area contributed by atoms with Crippen molar-refractivity contribution in [2.45, 2.75) is 19.5 Å². The summed E-state index contributed by atoms with van der Waals surface area (Å²) in [6.45, 7) is 1.55. The molecular formula is C20H16Cl2F3NO. The van der Waals surface area contributed by atoms with Crippen LogP contribution in [0.5, 0.6) is 5.75 Å². The standard InChI is InChI=1S/C20H16Cl2F3NO/c1-13-2-9-19(17-8-3-14(21)12-18(17)22)26(13)15-4-6-16(7-5-15)27-11-10-20(23,24)25/h2-9,12H,10-11H2,1H3. The lowest BCUT2D eigenvalue weighted by Gasteiger charge is -2.14. The first-order valence-electron chi connectivity index (χ1n) is 8.18. The van der Waals surface area contributed by atoms with Gasteiger partial charge in [-0.25, -0.2) is 0 Å². The van der Waals surface area contributed by atoms with Gasteiger partial charge in [0.2, 0.25) is 0 Å². The summed E-state index contributed by atoms with van der Waals surface area (Å²) < 4.78 is 43.8. The maximum absolute atomic E-state index is 12.2. The molecule has 0 atom stereocenters. The van der Waals surface area contributed by atoms with Crippen LogP contribution in [0.15, 0.2) is 54.6 Å². The fraction of sp³-hybridized carbons (Fsp3) is 0.200. The Kier molecular flexibility index (Phi) is 5.72. The van der Waals surface area contributed by atoms with Crippen molar-refractivity contribution in [1.29, 1.82) is 0 Å². The number of rotatable bonds is 5. The zero-order valence-electron chi connectivity index (χ0n) is 14.4. The highest BCUT2D eigenvalue weighted by Crippen LogP contribution is 2.33. The summed E-state index contributed by atoms with van der Waals surface area (Å²) in [6.07, 6.45) is -5.21. The molecule has 2 nitrogen and oxygen atoms in total. The van der Waals surface area contributed by atoms with Crippen LogP contribution >= 0.6 is 23.2 Å². The summed E-state index contributed by atoms with van der Waals surface area (Å²) >= 11 is 12.3. The third-order valence-electron chi connectivity index (χ3n) is 4.03. The maximum Gasteiger partial charge on any atom is 0.392 e. The molecule has 1 heterocycles. The molecule has 0 saturated carbocycles. The fourth-order valence-electron chi connectivity index (χ4n) is 2.76. The Morgan fingerprint density at radius 1 is 0.963 bits per heavy atom. The molecule has 0 aliphatic rings. The van der Waals surface area contributed by atoms with E-state index in [-0.39, 0.29) is 0 Å². The monoisotopic (exact) mass is 413 g/mol. The number of hydrogen-bond acceptors (Lipinski definition) is 1. The Morgan fingerprint density at radius 2 is 1.67 bits per heavy atom. The van der Waals surface area contributed by atoms with E-state index in [4.69, 9.17) is 27.9 Å². The number of hydrogen-bond donors (Lipinski definition) is 0. The van der Waals surface area contributed by atoms with Crippen LogP contribution in [0.1, 0.15) is 12.1 Å². The Bertz CT molecular complexity index is 933. The summed E-state index contributed by atoms with van der Waals surface area (Å²) in [4.78, 5) is 0. The van der Waals surface area contributed by atoms with E-state index in [1.165, 1.54) is 0 Å². The van der Waals surface area contributed by atoms with Crippen LogP contribution in [0.2, 0.25) is 10.0 Å². The average molecular weight is 414 g/mol. The molecule has 0 amide bonds. The van der Waals surface area contributed by atoms with Gasteiger partial charge in [-0.05, 0) is 61.5 Å². The first-order chi connectivity index (χ1) is 12.7. The van der Waals surface area contributed by atoms with Gasteiger partial charge < -0.3 is 9.30 Å². The van der Waals surface area contributed by atoms with Crippen LogP contribution in [-0.4, -0.2) is 17.4 Å². The van der Waals surface area contributed by atoms with Crippen molar-refractivity contribution in [3.8, 4) is 22.7 Å². The normalized spacial score (nSPS) is 11.6. The highest BCUT2D eigenvalue weighted by Gasteiger charge is 2.26. The predicted molar refractivity (Wildman–Crippen MR) is 102 cm³/mol. The molecule has 3 aromatic rings. The SMILES string of the molecule is Cc1ccc(-c2ccc(Cl)cc2Cl)n1-c1ccc(OCCC(F)(F)F)cc1. The van der Waals surface area contributed by atoms with Crippen LogP contribution in [0, 0.1) is 6.92 Å². The van der Waals surface area contributed by atoms with Crippen molar-refractivity contribution in [2.24, 2.45) is 0 Å². The topological polar surface area (TPSA) is 14.2 Å². The number of alkyl halides is 3. The van der Waals surface area contributed by atoms with Gasteiger partial charge >= 0.3 is 6.18 Å². The Morgan fingerprint density at radius 3 is 2.30 bits per heavy atom. The third kappa shape index (κ3) is 4.79. The minimum atomic E-state index is -4.23. The van der Waals surface area contributed by atoms with Gasteiger partial charge in [0.05, 0.1) is 23.7 Å². The zero-order valence-corrected chi connectivity index (χ0v) is 15.9. The number of benzene rings is 2. The molecule has 7 heteroatoms. The van der Waals surface area contributed by atoms with Crippen LogP contribution in [-0.2, 0) is 0 Å². The molecule has 0 unspecified atom stereocenters. The largest absolute Gasteiger partial charge is 0.493 e. The van der Waals surface area contributed by atoms with Crippen LogP contribution in [0.25, 0.3) is 16.9 Å². The van der Waals surface area contributed by atoms with E-state index in [0.29, 0.717) is 15.8 Å². The van der Waals surface area contributed by atoms with E-state index in [2.05, 4.69) is 0 Å². The summed E-state index contributed by atoms with van der Waals surface area (Å²) in [6, 6.07) is 16.1. The summed E-state index contributed by atoms with van der Waals surface area (Å²) in [7, 11) is 0. The minimum absolute atomic E-state index is 0.388. The molecule has 0 fully saturated rings. The number of aromatic nitrogens is 1. The van der Waals surface area contributed by atoms with Crippen molar-refractivity contribution < 1.29 is 17.9 Å². The number of halogens is 5. The van der Waals surface area contributed by atoms with Crippen molar-refractivity contribution >= 4 is 23.2 Å². The summed E-state index contributed by atoms with van der Waals surface area (Å²) in [5.74, 6) is 0.388. The first kappa shape index (κ1) is 19.6. The lowest BCUT2D eigenvalue weighted by atomic mass is 10.1. The molecule has 0 radical (unpaired) electrons. The number of ether oxygens (including phenoxy) is 1. The highest BCUT2D eigenvalue weighted by molar-refractivity contribution is 6.36. The predicted octanol–water partition coefficient (Wildman–Crippen LogP) is 7.09. The van der Waals surface area contributed by atoms with Gasteiger partial charge in [-0.2, -0.15) is 13.2 Å². The van der Waals surface area contributed by atoms with Crippen LogP contribution in [0.3, 0.4) is 0 Å². The molecule has 0 N–H and O–H groups in total. The van der Waals surface area contributed by atoms with E-state index in [0.717, 1.165) is 22.6 Å². The third-order valence-corrected chi connectivity index (χ3v) is 4.58. The summed E-state index contributed by atoms with van der Waals surface area (Å²) in [5.41, 5.74) is 3.56. The zero-order chi connectivity index (χ0) is 19.6. The van der Waals surface area contributed by atoms with Gasteiger partial charge in [0, 0.05) is 22.0 Å². The highest BCUT2D eigenvalue weighted by atomic mass is 35.5. The van der Waals surface area contributed by atoms with Crippen LogP contribution < -0.4 is 4.74 Å². The van der Waals surface area contributed by atoms with Crippen molar-refractivity contribution in [3.05, 3.63) is 70.3 Å². The smallest absolute Gasteiger partial charge is 0.392 e. The minimum Gasteiger partial charge on any atom is -0.493 e. The van der Waals surface area contributed by atoms with Gasteiger partial charge in [0.25, 0.3) is 0 Å². The first-order valence-corrected chi connectivity index (χ1v) is 8.94. The second kappa shape index (κ2) is 7.87. The number of aryl methyl sites for hydroxylation is 1. The van der Waals surface area contributed by atoms with Crippen molar-refractivity contribution in [1.82, 2.24) is 4.57 Å². The van der Waals surface area contributed by atoms with Gasteiger partial charge in [-0.3, -0.25) is 0 Å². The molecule has 0 aliphatic carbocycles. The van der Waals surface area contributed by atoms with Gasteiger partial charge in [-0.15, -0.1) is 0 Å². The van der Waals surface area contributed by atoms with Gasteiger partial charge in [-0.1, -0.05) is 23.2 Å². The quantitative estimate of drug-likeness (QED) is 0.435. The molecule has 2 aromatic carbocycles. The van der Waals surface area contributed by atoms with E-state index < -0.39 is 19.2 Å². The Labute approximate surface area is 165 Å². The maximum atomic E-state index is 12.2. The second-order valence-electron chi connectivity index (χ2n) is 6.03. The van der Waals surface area contributed by atoms with E-state index in [9.17, 15) is 13.2 Å². The van der Waals surface area contributed by atoms with Crippen molar-refractivity contribution in [2.75, 3.05) is 6.61 Å². The molecule has 142 valence electrons. The average Bonchev–Trinajstić information content (AvgIpc) is 2.96.